The molecule has 0 aromatic rings. The van der Waals surface area contributed by atoms with Crippen molar-refractivity contribution in [3.8, 4) is 0 Å². The number of carbonyl (C=O) groups is 1. The van der Waals surface area contributed by atoms with Crippen LogP contribution in [0.1, 0.15) is 108 Å². The minimum absolute atomic E-state index is 0.0387. The third-order valence-corrected chi connectivity index (χ3v) is 11.8. The zero-order valence-corrected chi connectivity index (χ0v) is 32.5. The van der Waals surface area contributed by atoms with Gasteiger partial charge in [0.05, 0.1) is 41.5 Å². The number of hydroxylamine groups is 2. The molecule has 17 atom stereocenters. The van der Waals surface area contributed by atoms with Gasteiger partial charge in [0.2, 0.25) is 0 Å². The van der Waals surface area contributed by atoms with E-state index >= 15 is 0 Å². The van der Waals surface area contributed by atoms with Gasteiger partial charge in [-0.15, -0.1) is 0 Å². The van der Waals surface area contributed by atoms with Crippen LogP contribution in [-0.4, -0.2) is 132 Å². The average molecular weight is 701 g/mol. The van der Waals surface area contributed by atoms with Gasteiger partial charge in [-0.05, 0) is 94.2 Å². The summed E-state index contributed by atoms with van der Waals surface area (Å²) in [5.74, 6) is -1.45. The number of hydrogen-bond donors (Lipinski definition) is 2. The zero-order valence-electron chi connectivity index (χ0n) is 32.5. The molecule has 10 unspecified atom stereocenters. The van der Waals surface area contributed by atoms with Gasteiger partial charge in [0.25, 0.3) is 0 Å². The molecule has 2 N–H and O–H groups in total. The summed E-state index contributed by atoms with van der Waals surface area (Å²) < 4.78 is 38.4. The van der Waals surface area contributed by atoms with E-state index in [0.29, 0.717) is 25.8 Å². The Labute approximate surface area is 295 Å². The molecule has 0 aliphatic carbocycles. The molecule has 286 valence electrons. The molecule has 4 aliphatic heterocycles. The molecule has 12 heteroatoms. The van der Waals surface area contributed by atoms with Crippen molar-refractivity contribution in [3.63, 3.8) is 0 Å². The van der Waals surface area contributed by atoms with E-state index in [9.17, 15) is 15.0 Å². The topological polar surface area (TPSA) is 129 Å². The minimum atomic E-state index is -1.39. The molecule has 0 amide bonds. The number of methoxy groups -OCH3 is 1. The number of carbonyl (C=O) groups excluding carboxylic acids is 1. The summed E-state index contributed by atoms with van der Waals surface area (Å²) in [6, 6.07) is 0.0547. The van der Waals surface area contributed by atoms with Crippen LogP contribution in [0.5, 0.6) is 0 Å². The van der Waals surface area contributed by atoms with Crippen molar-refractivity contribution >= 4 is 5.97 Å². The maximum atomic E-state index is 14.2. The second-order valence-corrected chi connectivity index (χ2v) is 16.8. The van der Waals surface area contributed by atoms with Crippen molar-refractivity contribution < 1.29 is 48.3 Å². The van der Waals surface area contributed by atoms with Crippen LogP contribution < -0.4 is 0 Å². The summed E-state index contributed by atoms with van der Waals surface area (Å²) >= 11 is 0. The normalized spacial score (nSPS) is 50.6. The van der Waals surface area contributed by atoms with Crippen molar-refractivity contribution in [2.75, 3.05) is 27.7 Å². The number of ether oxygens (including phenoxy) is 6. The lowest BCUT2D eigenvalue weighted by molar-refractivity contribution is -0.323. The smallest absolute Gasteiger partial charge is 0.311 e. The predicted molar refractivity (Wildman–Crippen MR) is 184 cm³/mol. The number of esters is 1. The quantitative estimate of drug-likeness (QED) is 0.368. The van der Waals surface area contributed by atoms with Crippen LogP contribution in [-0.2, 0) is 38.1 Å². The van der Waals surface area contributed by atoms with Crippen molar-refractivity contribution in [2.45, 2.75) is 186 Å². The molecule has 4 aliphatic rings. The Kier molecular flexibility index (Phi) is 13.3. The highest BCUT2D eigenvalue weighted by atomic mass is 16.7. The lowest BCUT2D eigenvalue weighted by atomic mass is 9.78. The molecule has 0 aromatic carbocycles. The summed E-state index contributed by atoms with van der Waals surface area (Å²) in [6.45, 7) is 20.2. The molecule has 4 fully saturated rings. The minimum Gasteiger partial charge on any atom is -0.459 e. The van der Waals surface area contributed by atoms with Crippen LogP contribution in [0.3, 0.4) is 0 Å². The number of rotatable bonds is 7. The van der Waals surface area contributed by atoms with Gasteiger partial charge >= 0.3 is 5.97 Å². The Morgan fingerprint density at radius 1 is 0.959 bits per heavy atom. The lowest BCUT2D eigenvalue weighted by Crippen LogP contribution is -2.59. The maximum absolute atomic E-state index is 14.2. The number of hydrogen-bond acceptors (Lipinski definition) is 12. The highest BCUT2D eigenvalue weighted by Crippen LogP contribution is 2.42. The third-order valence-electron chi connectivity index (χ3n) is 11.8. The van der Waals surface area contributed by atoms with Gasteiger partial charge in [0.1, 0.15) is 17.8 Å². The molecule has 4 rings (SSSR count). The average Bonchev–Trinajstić information content (AvgIpc) is 3.01. The molecule has 4 heterocycles. The lowest BCUT2D eigenvalue weighted by Gasteiger charge is -2.49. The van der Waals surface area contributed by atoms with Gasteiger partial charge in [0, 0.05) is 44.5 Å². The molecule has 0 saturated carbocycles. The zero-order chi connectivity index (χ0) is 36.6. The Morgan fingerprint density at radius 2 is 1.63 bits per heavy atom. The summed E-state index contributed by atoms with van der Waals surface area (Å²) in [4.78, 5) is 23.1. The number of fused-ring (bicyclic) bond motifs is 2. The van der Waals surface area contributed by atoms with E-state index in [4.69, 9.17) is 33.3 Å². The van der Waals surface area contributed by atoms with Crippen molar-refractivity contribution in [1.29, 1.82) is 0 Å². The summed E-state index contributed by atoms with van der Waals surface area (Å²) in [6.07, 6.45) is -1.60. The Bertz CT molecular complexity index is 1100. The van der Waals surface area contributed by atoms with Crippen molar-refractivity contribution in [3.05, 3.63) is 0 Å². The largest absolute Gasteiger partial charge is 0.459 e. The van der Waals surface area contributed by atoms with E-state index in [1.807, 2.05) is 39.7 Å². The summed E-state index contributed by atoms with van der Waals surface area (Å²) in [5, 5.41) is 25.4. The van der Waals surface area contributed by atoms with Gasteiger partial charge in [-0.25, -0.2) is 0 Å². The fraction of sp³-hybridized carbons (Fsp3) is 0.973. The number of aliphatic hydroxyl groups is 2. The number of cyclic esters (lactones) is 1. The van der Waals surface area contributed by atoms with Gasteiger partial charge in [-0.1, -0.05) is 20.8 Å². The molecule has 0 aromatic heterocycles. The second-order valence-electron chi connectivity index (χ2n) is 16.8. The fourth-order valence-electron chi connectivity index (χ4n) is 8.92. The van der Waals surface area contributed by atoms with Gasteiger partial charge in [0.15, 0.2) is 12.6 Å². The Morgan fingerprint density at radius 3 is 2.24 bits per heavy atom. The first kappa shape index (κ1) is 40.8. The maximum Gasteiger partial charge on any atom is 0.311 e. The number of nitrogens with zero attached hydrogens (tertiary/aromatic N) is 2. The molecule has 2 bridgehead atoms. The Balaban J connectivity index is 1.78. The van der Waals surface area contributed by atoms with E-state index in [1.165, 1.54) is 0 Å². The van der Waals surface area contributed by atoms with Crippen LogP contribution in [0.15, 0.2) is 0 Å². The van der Waals surface area contributed by atoms with E-state index in [-0.39, 0.29) is 30.5 Å². The van der Waals surface area contributed by atoms with E-state index in [1.54, 1.807) is 27.9 Å². The third kappa shape index (κ3) is 9.18. The van der Waals surface area contributed by atoms with Crippen LogP contribution >= 0.6 is 0 Å². The SMILES string of the molecule is CCC1OC(=O)C(C)C(OC2C[C@@](C)(OC)C(O)[C@H](C)O2)C(C)[C@@H](OC2CC(N(C)C)CC(C)O2)[C@@](C)(O)C[C@@H](C)N2C[C@H](C)C[C@@]1(C)O2. The van der Waals surface area contributed by atoms with Gasteiger partial charge in [-0.2, -0.15) is 5.06 Å². The molecule has 0 radical (unpaired) electrons. The monoisotopic (exact) mass is 700 g/mol. The van der Waals surface area contributed by atoms with Gasteiger partial charge in [-0.3, -0.25) is 9.63 Å². The molecular weight excluding hydrogens is 632 g/mol. The van der Waals surface area contributed by atoms with E-state index in [2.05, 4.69) is 32.8 Å². The molecular formula is C37H68N2O10. The standard InChI is InChI=1S/C37H68N2O10/c1-14-28-36(9)17-21(2)20-39(49-36)22(3)18-35(8,42)33(48-29-16-27(38(11)12)15-23(4)44-29)24(5)31(25(6)34(41)46-28)47-30-19-37(10,43-13)32(40)26(7)45-30/h21-33,40,42H,14-20H2,1-13H3/t21-,22-,23?,24?,25?,26+,27?,28?,29?,30?,31?,32?,33-,35+,36-,37-/m1/s1. The van der Waals surface area contributed by atoms with Crippen LogP contribution in [0.25, 0.3) is 0 Å². The fourth-order valence-corrected chi connectivity index (χ4v) is 8.92. The summed E-state index contributed by atoms with van der Waals surface area (Å²) in [5.41, 5.74) is -3.07. The second kappa shape index (κ2) is 16.0. The van der Waals surface area contributed by atoms with Crippen LogP contribution in [0, 0.1) is 17.8 Å². The Hall–Kier alpha value is -0.930. The molecule has 49 heavy (non-hydrogen) atoms. The first-order chi connectivity index (χ1) is 22.7. The van der Waals surface area contributed by atoms with Crippen LogP contribution in [0.2, 0.25) is 0 Å². The summed E-state index contributed by atoms with van der Waals surface area (Å²) in [7, 11) is 5.68. The van der Waals surface area contributed by atoms with E-state index < -0.39 is 77.7 Å². The predicted octanol–water partition coefficient (Wildman–Crippen LogP) is 4.28. The first-order valence-electron chi connectivity index (χ1n) is 18.6. The van der Waals surface area contributed by atoms with Crippen LogP contribution in [0.4, 0.5) is 0 Å². The molecule has 4 saturated heterocycles. The number of aliphatic hydroxyl groups excluding tert-OH is 1. The molecule has 0 spiro atoms. The highest BCUT2D eigenvalue weighted by Gasteiger charge is 2.53. The van der Waals surface area contributed by atoms with Crippen molar-refractivity contribution in [2.24, 2.45) is 17.8 Å². The highest BCUT2D eigenvalue weighted by molar-refractivity contribution is 5.73. The van der Waals surface area contributed by atoms with Gasteiger partial charge < -0.3 is 43.5 Å². The van der Waals surface area contributed by atoms with Crippen molar-refractivity contribution in [1.82, 2.24) is 9.96 Å². The molecule has 12 nitrogen and oxygen atoms in total. The first-order valence-corrected chi connectivity index (χ1v) is 18.6. The van der Waals surface area contributed by atoms with E-state index in [0.717, 1.165) is 12.8 Å².